The number of H-pyrrole nitrogens is 1. The average molecular weight is 899 g/mol. The highest BCUT2D eigenvalue weighted by atomic mass is 16.4. The van der Waals surface area contributed by atoms with E-state index in [9.17, 15) is 43.5 Å². The van der Waals surface area contributed by atoms with E-state index in [2.05, 4.69) is 36.9 Å². The maximum Gasteiger partial charge on any atom is 0.326 e. The van der Waals surface area contributed by atoms with Crippen molar-refractivity contribution in [2.45, 2.75) is 127 Å². The number of fused-ring (bicyclic) bond motifs is 1. The predicted octanol–water partition coefficient (Wildman–Crippen LogP) is -1.67. The van der Waals surface area contributed by atoms with Crippen LogP contribution in [-0.4, -0.2) is 138 Å². The fourth-order valence-corrected chi connectivity index (χ4v) is 7.52. The van der Waals surface area contributed by atoms with Crippen molar-refractivity contribution in [3.8, 4) is 0 Å². The molecule has 21 heteroatoms. The summed E-state index contributed by atoms with van der Waals surface area (Å²) in [5.41, 5.74) is 24.8. The number of aliphatic carboxylic acids is 1. The number of hydrogen-bond acceptors (Lipinski definition) is 12. The van der Waals surface area contributed by atoms with E-state index < -0.39 is 103 Å². The number of nitrogens with zero attached hydrogens (tertiary/aromatic N) is 1. The molecule has 21 nitrogen and oxygen atoms in total. The Hall–Kier alpha value is -5.64. The van der Waals surface area contributed by atoms with Gasteiger partial charge in [0.2, 0.25) is 41.4 Å². The molecule has 1 aromatic carbocycles. The number of para-hydroxylation sites is 1. The molecule has 356 valence electrons. The molecule has 2 heterocycles. The molecule has 0 saturated carbocycles. The monoisotopic (exact) mass is 899 g/mol. The molecule has 3 rings (SSSR count). The van der Waals surface area contributed by atoms with E-state index in [1.165, 1.54) is 4.90 Å². The number of nitrogens with one attached hydrogen (secondary N) is 7. The summed E-state index contributed by atoms with van der Waals surface area (Å²) in [6.07, 6.45) is 6.52. The zero-order chi connectivity index (χ0) is 47.2. The lowest BCUT2D eigenvalue weighted by atomic mass is 10.0. The third-order valence-electron chi connectivity index (χ3n) is 11.1. The minimum absolute atomic E-state index is 0.157. The smallest absolute Gasteiger partial charge is 0.326 e. The Morgan fingerprint density at radius 2 is 1.30 bits per heavy atom. The highest BCUT2D eigenvalue weighted by Crippen LogP contribution is 2.21. The molecule has 0 radical (unpaired) electrons. The summed E-state index contributed by atoms with van der Waals surface area (Å²) < 4.78 is 0. The van der Waals surface area contributed by atoms with Gasteiger partial charge in [0.05, 0.1) is 19.1 Å². The molecule has 64 heavy (non-hydrogen) atoms. The molecular formula is C43H70N12O9. The van der Waals surface area contributed by atoms with Gasteiger partial charge in [0, 0.05) is 23.6 Å². The van der Waals surface area contributed by atoms with Crippen LogP contribution in [0.25, 0.3) is 10.9 Å². The van der Waals surface area contributed by atoms with Crippen LogP contribution in [0.15, 0.2) is 30.5 Å². The van der Waals surface area contributed by atoms with Crippen LogP contribution < -0.4 is 54.8 Å². The van der Waals surface area contributed by atoms with E-state index in [-0.39, 0.29) is 32.2 Å². The van der Waals surface area contributed by atoms with E-state index >= 15 is 0 Å². The summed E-state index contributed by atoms with van der Waals surface area (Å²) in [6, 6.07) is 1.29. The minimum atomic E-state index is -1.22. The van der Waals surface area contributed by atoms with Crippen molar-refractivity contribution in [2.75, 3.05) is 39.3 Å². The van der Waals surface area contributed by atoms with Crippen LogP contribution in [0.3, 0.4) is 0 Å². The van der Waals surface area contributed by atoms with Gasteiger partial charge in [0.1, 0.15) is 30.2 Å². The highest BCUT2D eigenvalue weighted by molar-refractivity contribution is 5.97. The zero-order valence-electron chi connectivity index (χ0n) is 37.1. The second-order valence-electron chi connectivity index (χ2n) is 16.5. The zero-order valence-corrected chi connectivity index (χ0v) is 37.1. The van der Waals surface area contributed by atoms with Gasteiger partial charge in [-0.25, -0.2) is 4.79 Å². The molecular weight excluding hydrogens is 829 g/mol. The molecule has 16 N–H and O–H groups in total. The first-order chi connectivity index (χ1) is 30.6. The van der Waals surface area contributed by atoms with Gasteiger partial charge in [0.15, 0.2) is 0 Å². The molecule has 1 aliphatic heterocycles. The van der Waals surface area contributed by atoms with Gasteiger partial charge in [-0.15, -0.1) is 0 Å². The van der Waals surface area contributed by atoms with Crippen molar-refractivity contribution >= 4 is 58.2 Å². The van der Waals surface area contributed by atoms with Crippen molar-refractivity contribution < 1.29 is 43.5 Å². The maximum atomic E-state index is 14.0. The summed E-state index contributed by atoms with van der Waals surface area (Å²) in [7, 11) is 0. The normalized spacial score (nSPS) is 16.0. The van der Waals surface area contributed by atoms with Crippen LogP contribution in [0.2, 0.25) is 0 Å². The fourth-order valence-electron chi connectivity index (χ4n) is 7.52. The number of carbonyl (C=O) groups excluding carboxylic acids is 7. The number of likely N-dealkylation sites (tertiary alicyclic amines) is 1. The first kappa shape index (κ1) is 52.7. The standard InChI is InChI=1S/C43H70N12O9/c1-26(2)37(41(61)50-25-35(56)51-31(14-5-8-18-44)39(59)53-33(43(63)64)16-7-10-20-46)54-40(60)34-17-11-21-55(34)42(62)32(15-6-9-19-45)52-36(57)24-49-38(58)29(47)22-27-23-48-30-13-4-3-12-28(27)30/h3-4,12-13,23,26,29,31-34,37,48H,5-11,14-22,24-25,44-47H2,1-2H3,(H,49,58)(H,50,61)(H,51,56)(H,52,57)(H,53,59)(H,54,60)(H,63,64)/t29-,31-,32-,33-,34-,37-/m0/s1. The van der Waals surface area contributed by atoms with Crippen LogP contribution in [-0.2, 0) is 44.8 Å². The second kappa shape index (κ2) is 27.5. The number of carbonyl (C=O) groups is 8. The van der Waals surface area contributed by atoms with Crippen LogP contribution in [0.1, 0.15) is 90.0 Å². The van der Waals surface area contributed by atoms with Crippen LogP contribution in [0.5, 0.6) is 0 Å². The third-order valence-corrected chi connectivity index (χ3v) is 11.1. The number of aromatic amines is 1. The molecule has 0 unspecified atom stereocenters. The van der Waals surface area contributed by atoms with Crippen LogP contribution in [0.4, 0.5) is 0 Å². The Morgan fingerprint density at radius 3 is 1.89 bits per heavy atom. The number of nitrogens with two attached hydrogens (primary N) is 4. The maximum absolute atomic E-state index is 14.0. The van der Waals surface area contributed by atoms with E-state index in [0.717, 1.165) is 16.5 Å². The average Bonchev–Trinajstić information content (AvgIpc) is 3.93. The number of carboxylic acids is 1. The van der Waals surface area contributed by atoms with E-state index in [1.807, 2.05) is 24.3 Å². The molecule has 1 aliphatic rings. The summed E-state index contributed by atoms with van der Waals surface area (Å²) in [5.74, 6) is -6.01. The molecule has 1 saturated heterocycles. The summed E-state index contributed by atoms with van der Waals surface area (Å²) in [5, 5.41) is 26.1. The molecule has 1 aromatic heterocycles. The second-order valence-corrected chi connectivity index (χ2v) is 16.5. The lowest BCUT2D eigenvalue weighted by molar-refractivity contribution is -0.142. The number of rotatable bonds is 29. The number of unbranched alkanes of at least 4 members (excludes halogenated alkanes) is 3. The lowest BCUT2D eigenvalue weighted by Gasteiger charge is -2.30. The van der Waals surface area contributed by atoms with Gasteiger partial charge in [0.25, 0.3) is 0 Å². The molecule has 0 spiro atoms. The van der Waals surface area contributed by atoms with Gasteiger partial charge < -0.3 is 69.8 Å². The van der Waals surface area contributed by atoms with E-state index in [1.54, 1.807) is 20.0 Å². The third kappa shape index (κ3) is 16.8. The summed E-state index contributed by atoms with van der Waals surface area (Å²) >= 11 is 0. The number of amides is 7. The minimum Gasteiger partial charge on any atom is -0.480 e. The van der Waals surface area contributed by atoms with Crippen LogP contribution in [0, 0.1) is 5.92 Å². The molecule has 1 fully saturated rings. The topological polar surface area (TPSA) is 352 Å². The molecule has 0 aliphatic carbocycles. The Labute approximate surface area is 374 Å². The van der Waals surface area contributed by atoms with E-state index in [0.29, 0.717) is 71.0 Å². The van der Waals surface area contributed by atoms with Gasteiger partial charge in [-0.05, 0) is 114 Å². The molecule has 7 amide bonds. The highest BCUT2D eigenvalue weighted by Gasteiger charge is 2.39. The van der Waals surface area contributed by atoms with Crippen molar-refractivity contribution in [1.29, 1.82) is 0 Å². The first-order valence-corrected chi connectivity index (χ1v) is 22.3. The SMILES string of the molecule is CC(C)[C@H](NC(=O)[C@@H]1CCCN1C(=O)[C@H](CCCCN)NC(=O)CNC(=O)[C@@H](N)Cc1c[nH]c2ccccc12)C(=O)NCC(=O)N[C@@H](CCCCN)C(=O)N[C@@H](CCCCN)C(=O)O. The number of benzene rings is 1. The Morgan fingerprint density at radius 1 is 0.734 bits per heavy atom. The quantitative estimate of drug-likeness (QED) is 0.0407. The Kier molecular flexibility index (Phi) is 22.7. The molecule has 2 aromatic rings. The summed E-state index contributed by atoms with van der Waals surface area (Å²) in [4.78, 5) is 110. The fraction of sp³-hybridized carbons (Fsp3) is 0.628. The van der Waals surface area contributed by atoms with Crippen molar-refractivity contribution in [2.24, 2.45) is 28.9 Å². The molecule has 6 atom stereocenters. The Bertz CT molecular complexity index is 1870. The van der Waals surface area contributed by atoms with Gasteiger partial charge in [-0.2, -0.15) is 0 Å². The Balaban J connectivity index is 1.59. The van der Waals surface area contributed by atoms with Crippen molar-refractivity contribution in [3.63, 3.8) is 0 Å². The number of aromatic nitrogens is 1. The number of hydrogen-bond donors (Lipinski definition) is 12. The van der Waals surface area contributed by atoms with Crippen LogP contribution >= 0.6 is 0 Å². The summed E-state index contributed by atoms with van der Waals surface area (Å²) in [6.45, 7) is 3.72. The van der Waals surface area contributed by atoms with Gasteiger partial charge >= 0.3 is 5.97 Å². The lowest BCUT2D eigenvalue weighted by Crippen LogP contribution is -2.58. The van der Waals surface area contributed by atoms with Crippen molar-refractivity contribution in [3.05, 3.63) is 36.0 Å². The van der Waals surface area contributed by atoms with E-state index in [4.69, 9.17) is 22.9 Å². The van der Waals surface area contributed by atoms with Gasteiger partial charge in [-0.3, -0.25) is 33.6 Å². The number of carboxylic acid groups (broad SMARTS) is 1. The van der Waals surface area contributed by atoms with Crippen molar-refractivity contribution in [1.82, 2.24) is 41.8 Å². The predicted molar refractivity (Wildman–Crippen MR) is 240 cm³/mol. The van der Waals surface area contributed by atoms with Gasteiger partial charge in [-0.1, -0.05) is 32.0 Å². The first-order valence-electron chi connectivity index (χ1n) is 22.3. The largest absolute Gasteiger partial charge is 0.480 e. The molecule has 0 bridgehead atoms.